The highest BCUT2D eigenvalue weighted by atomic mass is 16.4. The Kier molecular flexibility index (Phi) is 3.18. The summed E-state index contributed by atoms with van der Waals surface area (Å²) in [5.41, 5.74) is 8.06. The minimum atomic E-state index is -1.03. The molecule has 0 saturated carbocycles. The van der Waals surface area contributed by atoms with Crippen LogP contribution in [0.1, 0.15) is 11.1 Å². The van der Waals surface area contributed by atoms with Gasteiger partial charge in [-0.1, -0.05) is 0 Å². The summed E-state index contributed by atoms with van der Waals surface area (Å²) in [6.07, 6.45) is 1.41. The third-order valence-corrected chi connectivity index (χ3v) is 2.75. The first-order chi connectivity index (χ1) is 8.58. The Balaban J connectivity index is 2.25. The number of amides is 1. The second-order valence-electron chi connectivity index (χ2n) is 3.97. The van der Waals surface area contributed by atoms with Gasteiger partial charge >= 0.3 is 6.09 Å². The van der Waals surface area contributed by atoms with Crippen LogP contribution in [0.2, 0.25) is 0 Å². The van der Waals surface area contributed by atoms with Crippen molar-refractivity contribution in [2.45, 2.75) is 6.42 Å². The predicted octanol–water partition coefficient (Wildman–Crippen LogP) is 1.26. The van der Waals surface area contributed by atoms with Crippen molar-refractivity contribution in [3.05, 3.63) is 35.5 Å². The van der Waals surface area contributed by atoms with Gasteiger partial charge in [0.25, 0.3) is 0 Å². The fourth-order valence-electron chi connectivity index (χ4n) is 1.86. The Bertz CT molecular complexity index is 603. The third-order valence-electron chi connectivity index (χ3n) is 2.75. The first kappa shape index (κ1) is 12.0. The number of hydrogen-bond donors (Lipinski definition) is 5. The molecule has 0 aliphatic carbocycles. The maximum atomic E-state index is 10.4. The van der Waals surface area contributed by atoms with E-state index in [0.29, 0.717) is 18.5 Å². The van der Waals surface area contributed by atoms with E-state index in [1.54, 1.807) is 6.07 Å². The molecular weight excluding hydrogens is 232 g/mol. The molecule has 0 spiro atoms. The predicted molar refractivity (Wildman–Crippen MR) is 69.0 cm³/mol. The van der Waals surface area contributed by atoms with Crippen LogP contribution in [0.5, 0.6) is 0 Å². The summed E-state index contributed by atoms with van der Waals surface area (Å²) in [6.45, 7) is 0.354. The summed E-state index contributed by atoms with van der Waals surface area (Å²) in [5.74, 6) is 0.0210. The van der Waals surface area contributed by atoms with Gasteiger partial charge in [0.1, 0.15) is 5.84 Å². The zero-order valence-corrected chi connectivity index (χ0v) is 9.66. The maximum Gasteiger partial charge on any atom is 0.404 e. The lowest BCUT2D eigenvalue weighted by molar-refractivity contribution is 0.194. The Hall–Kier alpha value is -2.50. The van der Waals surface area contributed by atoms with E-state index < -0.39 is 6.09 Å². The van der Waals surface area contributed by atoms with Gasteiger partial charge in [0, 0.05) is 29.2 Å². The van der Waals surface area contributed by atoms with Gasteiger partial charge < -0.3 is 21.1 Å². The molecule has 1 heterocycles. The van der Waals surface area contributed by atoms with Gasteiger partial charge in [-0.05, 0) is 30.2 Å². The van der Waals surface area contributed by atoms with Crippen molar-refractivity contribution < 1.29 is 9.90 Å². The van der Waals surface area contributed by atoms with E-state index in [9.17, 15) is 4.79 Å². The molecule has 0 atom stereocenters. The van der Waals surface area contributed by atoms with Crippen LogP contribution in [0.3, 0.4) is 0 Å². The van der Waals surface area contributed by atoms with E-state index in [2.05, 4.69) is 10.3 Å². The number of carbonyl (C=O) groups is 1. The second-order valence-corrected chi connectivity index (χ2v) is 3.97. The number of H-pyrrole nitrogens is 1. The van der Waals surface area contributed by atoms with Crippen LogP contribution >= 0.6 is 0 Å². The SMILES string of the molecule is N=C(N)c1ccc2[nH]cc(CCNC(=O)O)c2c1. The number of nitrogens with one attached hydrogen (secondary N) is 3. The lowest BCUT2D eigenvalue weighted by atomic mass is 10.1. The minimum Gasteiger partial charge on any atom is -0.465 e. The van der Waals surface area contributed by atoms with E-state index in [1.165, 1.54) is 0 Å². The highest BCUT2D eigenvalue weighted by molar-refractivity contribution is 5.99. The fourth-order valence-corrected chi connectivity index (χ4v) is 1.86. The summed E-state index contributed by atoms with van der Waals surface area (Å²) in [5, 5.41) is 19.2. The number of nitrogens with two attached hydrogens (primary N) is 1. The number of rotatable bonds is 4. The number of hydrogen-bond acceptors (Lipinski definition) is 2. The van der Waals surface area contributed by atoms with Crippen molar-refractivity contribution >= 4 is 22.8 Å². The number of aromatic amines is 1. The molecular formula is C12H14N4O2. The summed E-state index contributed by atoms with van der Waals surface area (Å²) in [4.78, 5) is 13.5. The van der Waals surface area contributed by atoms with Crippen LogP contribution in [0.15, 0.2) is 24.4 Å². The summed E-state index contributed by atoms with van der Waals surface area (Å²) < 4.78 is 0. The highest BCUT2D eigenvalue weighted by Crippen LogP contribution is 2.20. The van der Waals surface area contributed by atoms with Gasteiger partial charge in [0.15, 0.2) is 0 Å². The number of nitrogen functional groups attached to an aromatic ring is 1. The van der Waals surface area contributed by atoms with E-state index in [4.69, 9.17) is 16.2 Å². The molecule has 0 fully saturated rings. The molecule has 94 valence electrons. The highest BCUT2D eigenvalue weighted by Gasteiger charge is 2.06. The van der Waals surface area contributed by atoms with Crippen molar-refractivity contribution in [3.63, 3.8) is 0 Å². The van der Waals surface area contributed by atoms with E-state index in [-0.39, 0.29) is 5.84 Å². The Morgan fingerprint density at radius 1 is 1.50 bits per heavy atom. The third kappa shape index (κ3) is 2.42. The largest absolute Gasteiger partial charge is 0.465 e. The number of aromatic nitrogens is 1. The summed E-state index contributed by atoms with van der Waals surface area (Å²) >= 11 is 0. The van der Waals surface area contributed by atoms with Crippen molar-refractivity contribution in [3.8, 4) is 0 Å². The quantitative estimate of drug-likeness (QED) is 0.413. The molecule has 1 aromatic carbocycles. The van der Waals surface area contributed by atoms with Crippen molar-refractivity contribution in [1.29, 1.82) is 5.41 Å². The first-order valence-corrected chi connectivity index (χ1v) is 5.49. The van der Waals surface area contributed by atoms with Crippen molar-refractivity contribution in [2.75, 3.05) is 6.54 Å². The van der Waals surface area contributed by atoms with Crippen LogP contribution < -0.4 is 11.1 Å². The maximum absolute atomic E-state index is 10.4. The van der Waals surface area contributed by atoms with Crippen LogP contribution in [0.4, 0.5) is 4.79 Å². The molecule has 1 aromatic heterocycles. The minimum absolute atomic E-state index is 0.0210. The molecule has 1 amide bonds. The molecule has 2 rings (SSSR count). The fraction of sp³-hybridized carbons (Fsp3) is 0.167. The van der Waals surface area contributed by atoms with Crippen molar-refractivity contribution in [2.24, 2.45) is 5.73 Å². The molecule has 18 heavy (non-hydrogen) atoms. The van der Waals surface area contributed by atoms with E-state index in [0.717, 1.165) is 16.5 Å². The van der Waals surface area contributed by atoms with Gasteiger partial charge in [-0.3, -0.25) is 5.41 Å². The van der Waals surface area contributed by atoms with Gasteiger partial charge in [-0.15, -0.1) is 0 Å². The Morgan fingerprint density at radius 2 is 2.28 bits per heavy atom. The second kappa shape index (κ2) is 4.79. The average molecular weight is 246 g/mol. The molecule has 0 aliphatic rings. The van der Waals surface area contributed by atoms with Gasteiger partial charge in [-0.25, -0.2) is 4.79 Å². The van der Waals surface area contributed by atoms with Gasteiger partial charge in [0.2, 0.25) is 0 Å². The monoisotopic (exact) mass is 246 g/mol. The lowest BCUT2D eigenvalue weighted by Gasteiger charge is -2.02. The molecule has 0 radical (unpaired) electrons. The van der Waals surface area contributed by atoms with Crippen LogP contribution in [0, 0.1) is 5.41 Å². The molecule has 0 unspecified atom stereocenters. The van der Waals surface area contributed by atoms with Gasteiger partial charge in [-0.2, -0.15) is 0 Å². The Morgan fingerprint density at radius 3 is 2.94 bits per heavy atom. The van der Waals surface area contributed by atoms with Crippen molar-refractivity contribution in [1.82, 2.24) is 10.3 Å². The molecule has 0 aliphatic heterocycles. The topological polar surface area (TPSA) is 115 Å². The molecule has 0 saturated heterocycles. The first-order valence-electron chi connectivity index (χ1n) is 5.49. The van der Waals surface area contributed by atoms with Crippen LogP contribution in [-0.4, -0.2) is 28.6 Å². The summed E-state index contributed by atoms with van der Waals surface area (Å²) in [6, 6.07) is 5.48. The lowest BCUT2D eigenvalue weighted by Crippen LogP contribution is -2.23. The standard InChI is InChI=1S/C12H14N4O2/c13-11(14)7-1-2-10-9(5-7)8(6-16-10)3-4-15-12(17)18/h1-2,5-6,15-16H,3-4H2,(H3,13,14)(H,17,18). The van der Waals surface area contributed by atoms with Crippen LogP contribution in [-0.2, 0) is 6.42 Å². The normalized spacial score (nSPS) is 10.4. The van der Waals surface area contributed by atoms with E-state index >= 15 is 0 Å². The molecule has 6 nitrogen and oxygen atoms in total. The average Bonchev–Trinajstić information content (AvgIpc) is 2.71. The smallest absolute Gasteiger partial charge is 0.404 e. The van der Waals surface area contributed by atoms with Gasteiger partial charge in [0.05, 0.1) is 0 Å². The molecule has 0 bridgehead atoms. The summed E-state index contributed by atoms with van der Waals surface area (Å²) in [7, 11) is 0. The molecule has 6 N–H and O–H groups in total. The molecule has 2 aromatic rings. The Labute approximate surface area is 103 Å². The zero-order valence-electron chi connectivity index (χ0n) is 9.66. The number of fused-ring (bicyclic) bond motifs is 1. The zero-order chi connectivity index (χ0) is 13.1. The molecule has 6 heteroatoms. The van der Waals surface area contributed by atoms with Crippen LogP contribution in [0.25, 0.3) is 10.9 Å². The van der Waals surface area contributed by atoms with E-state index in [1.807, 2.05) is 18.3 Å². The number of benzene rings is 1. The number of amidine groups is 1. The number of carboxylic acid groups (broad SMARTS) is 1.